The van der Waals surface area contributed by atoms with Crippen LogP contribution in [-0.4, -0.2) is 41.6 Å². The summed E-state index contributed by atoms with van der Waals surface area (Å²) in [6.07, 6.45) is -6.21. The normalized spacial score (nSPS) is 20.0. The number of carbonyl (C=O) groups excluding carboxylic acids is 1. The van der Waals surface area contributed by atoms with Gasteiger partial charge in [0.1, 0.15) is 11.5 Å². The summed E-state index contributed by atoms with van der Waals surface area (Å²) in [4.78, 5) is 11.6. The molecule has 0 bridgehead atoms. The highest BCUT2D eigenvalue weighted by Gasteiger charge is 2.60. The summed E-state index contributed by atoms with van der Waals surface area (Å²) in [5, 5.41) is 18.7. The average molecular weight is 357 g/mol. The molecule has 3 N–H and O–H groups in total. The van der Waals surface area contributed by atoms with E-state index < -0.39 is 29.7 Å². The zero-order valence-corrected chi connectivity index (χ0v) is 13.2. The molecule has 2 aromatic rings. The van der Waals surface area contributed by atoms with Crippen LogP contribution in [0.15, 0.2) is 18.2 Å². The zero-order valence-electron chi connectivity index (χ0n) is 13.2. The average Bonchev–Trinajstić information content (AvgIpc) is 2.97. The van der Waals surface area contributed by atoms with Crippen LogP contribution in [0.2, 0.25) is 0 Å². The van der Waals surface area contributed by atoms with Gasteiger partial charge in [-0.1, -0.05) is 0 Å². The van der Waals surface area contributed by atoms with Crippen molar-refractivity contribution >= 4 is 11.7 Å². The van der Waals surface area contributed by atoms with Crippen molar-refractivity contribution in [2.24, 2.45) is 0 Å². The molecule has 1 aromatic heterocycles. The number of benzene rings is 1. The van der Waals surface area contributed by atoms with Crippen molar-refractivity contribution in [1.29, 1.82) is 0 Å². The van der Waals surface area contributed by atoms with Crippen LogP contribution >= 0.6 is 0 Å². The molecule has 0 aliphatic carbocycles. The molecule has 25 heavy (non-hydrogen) atoms. The lowest BCUT2D eigenvalue weighted by Crippen LogP contribution is -2.48. The fourth-order valence-corrected chi connectivity index (χ4v) is 2.77. The molecule has 2 heterocycles. The van der Waals surface area contributed by atoms with Gasteiger partial charge in [-0.15, -0.1) is 0 Å². The van der Waals surface area contributed by atoms with Gasteiger partial charge in [-0.3, -0.25) is 9.89 Å². The number of hydrogen-bond donors (Lipinski definition) is 3. The number of aromatic nitrogens is 2. The van der Waals surface area contributed by atoms with Crippen molar-refractivity contribution in [1.82, 2.24) is 10.2 Å². The molecule has 10 heteroatoms. The van der Waals surface area contributed by atoms with Crippen LogP contribution in [0.4, 0.5) is 19.0 Å². The van der Waals surface area contributed by atoms with E-state index in [-0.39, 0.29) is 22.8 Å². The molecule has 1 unspecified atom stereocenters. The molecule has 1 aliphatic heterocycles. The van der Waals surface area contributed by atoms with Gasteiger partial charge in [0.25, 0.3) is 0 Å². The molecule has 1 amide bonds. The Morgan fingerprint density at radius 3 is 2.52 bits per heavy atom. The molecular weight excluding hydrogens is 343 g/mol. The Morgan fingerprint density at radius 2 is 1.92 bits per heavy atom. The van der Waals surface area contributed by atoms with E-state index >= 15 is 0 Å². The number of amides is 1. The summed E-state index contributed by atoms with van der Waals surface area (Å²) in [5.41, 5.74) is -3.77. The van der Waals surface area contributed by atoms with E-state index in [1.807, 2.05) is 0 Å². The van der Waals surface area contributed by atoms with Gasteiger partial charge in [0, 0.05) is 5.56 Å². The van der Waals surface area contributed by atoms with Gasteiger partial charge in [-0.2, -0.15) is 18.3 Å². The second kappa shape index (κ2) is 5.66. The lowest BCUT2D eigenvalue weighted by molar-refractivity contribution is -0.267. The standard InChI is InChI=1S/C15H14F3N3O4/c1-24-8-4-3-7(5-9(8)25-2)12-11-13(21-20-12)19-10(22)6-14(11,23)15(16,17)18/h3-5,23H,6H2,1-2H3,(H2,19,20,21,22). The fraction of sp³-hybridized carbons (Fsp3) is 0.333. The van der Waals surface area contributed by atoms with Gasteiger partial charge in [0.05, 0.1) is 26.2 Å². The molecule has 0 radical (unpaired) electrons. The van der Waals surface area contributed by atoms with Gasteiger partial charge >= 0.3 is 6.18 Å². The number of nitrogens with one attached hydrogen (secondary N) is 2. The minimum Gasteiger partial charge on any atom is -0.493 e. The second-order valence-corrected chi connectivity index (χ2v) is 5.47. The van der Waals surface area contributed by atoms with Crippen molar-refractivity contribution in [3.05, 3.63) is 23.8 Å². The molecule has 7 nitrogen and oxygen atoms in total. The number of aromatic amines is 1. The minimum absolute atomic E-state index is 0.143. The molecule has 3 rings (SSSR count). The summed E-state index contributed by atoms with van der Waals surface area (Å²) in [5.74, 6) is -0.585. The summed E-state index contributed by atoms with van der Waals surface area (Å²) in [6, 6.07) is 4.41. The third kappa shape index (κ3) is 2.58. The molecule has 0 fully saturated rings. The van der Waals surface area contributed by atoms with E-state index in [2.05, 4.69) is 15.5 Å². The fourth-order valence-electron chi connectivity index (χ4n) is 2.77. The number of aliphatic hydroxyl groups is 1. The molecule has 1 atom stereocenters. The van der Waals surface area contributed by atoms with E-state index in [1.165, 1.54) is 32.4 Å². The Labute approximate surface area is 139 Å². The van der Waals surface area contributed by atoms with Crippen LogP contribution in [0.1, 0.15) is 12.0 Å². The molecule has 1 aromatic carbocycles. The van der Waals surface area contributed by atoms with E-state index in [0.29, 0.717) is 5.75 Å². The lowest BCUT2D eigenvalue weighted by atomic mass is 9.84. The van der Waals surface area contributed by atoms with Crippen LogP contribution in [0, 0.1) is 0 Å². The Bertz CT molecular complexity index is 834. The maximum absolute atomic E-state index is 13.5. The second-order valence-electron chi connectivity index (χ2n) is 5.47. The first-order chi connectivity index (χ1) is 11.7. The number of rotatable bonds is 3. The van der Waals surface area contributed by atoms with Crippen molar-refractivity contribution in [2.75, 3.05) is 19.5 Å². The predicted octanol–water partition coefficient (Wildman–Crippen LogP) is 2.19. The minimum atomic E-state index is -5.06. The van der Waals surface area contributed by atoms with Crippen LogP contribution in [0.25, 0.3) is 11.3 Å². The van der Waals surface area contributed by atoms with E-state index in [4.69, 9.17) is 9.47 Å². The number of carbonyl (C=O) groups is 1. The first kappa shape index (κ1) is 17.1. The topological polar surface area (TPSA) is 96.5 Å². The summed E-state index contributed by atoms with van der Waals surface area (Å²) >= 11 is 0. The Kier molecular flexibility index (Phi) is 3.87. The number of nitrogens with zero attached hydrogens (tertiary/aromatic N) is 1. The Balaban J connectivity index is 2.20. The molecular formula is C15H14F3N3O4. The first-order valence-corrected chi connectivity index (χ1v) is 7.11. The van der Waals surface area contributed by atoms with Crippen LogP contribution < -0.4 is 14.8 Å². The van der Waals surface area contributed by atoms with E-state index in [1.54, 1.807) is 0 Å². The summed E-state index contributed by atoms with van der Waals surface area (Å²) in [7, 11) is 2.81. The SMILES string of the molecule is COc1ccc(-c2n[nH]c3c2C(O)(C(F)(F)F)CC(=O)N3)cc1OC. The number of anilines is 1. The zero-order chi connectivity index (χ0) is 18.4. The monoisotopic (exact) mass is 357 g/mol. The Hall–Kier alpha value is -2.75. The quantitative estimate of drug-likeness (QED) is 0.783. The predicted molar refractivity (Wildman–Crippen MR) is 80.3 cm³/mol. The number of H-pyrrole nitrogens is 1. The van der Waals surface area contributed by atoms with Crippen molar-refractivity contribution in [2.45, 2.75) is 18.2 Å². The lowest BCUT2D eigenvalue weighted by Gasteiger charge is -2.33. The van der Waals surface area contributed by atoms with E-state index in [0.717, 1.165) is 0 Å². The summed E-state index contributed by atoms with van der Waals surface area (Å²) < 4.78 is 50.7. The Morgan fingerprint density at radius 1 is 1.24 bits per heavy atom. The van der Waals surface area contributed by atoms with Crippen LogP contribution in [0.5, 0.6) is 11.5 Å². The smallest absolute Gasteiger partial charge is 0.422 e. The van der Waals surface area contributed by atoms with Crippen LogP contribution in [0.3, 0.4) is 0 Å². The van der Waals surface area contributed by atoms with Gasteiger partial charge in [-0.25, -0.2) is 0 Å². The number of fused-ring (bicyclic) bond motifs is 1. The van der Waals surface area contributed by atoms with Crippen molar-refractivity contribution in [3.8, 4) is 22.8 Å². The molecule has 0 spiro atoms. The number of ether oxygens (including phenoxy) is 2. The third-order valence-electron chi connectivity index (χ3n) is 3.99. The highest BCUT2D eigenvalue weighted by atomic mass is 19.4. The molecule has 134 valence electrons. The number of halogens is 3. The van der Waals surface area contributed by atoms with Gasteiger partial charge in [-0.05, 0) is 18.2 Å². The van der Waals surface area contributed by atoms with Crippen LogP contribution in [-0.2, 0) is 10.4 Å². The molecule has 1 aliphatic rings. The van der Waals surface area contributed by atoms with Gasteiger partial charge < -0.3 is 19.9 Å². The number of hydrogen-bond acceptors (Lipinski definition) is 5. The highest BCUT2D eigenvalue weighted by Crippen LogP contribution is 2.50. The largest absolute Gasteiger partial charge is 0.493 e. The van der Waals surface area contributed by atoms with Gasteiger partial charge in [0.15, 0.2) is 17.1 Å². The van der Waals surface area contributed by atoms with E-state index in [9.17, 15) is 23.1 Å². The molecule has 0 saturated heterocycles. The summed E-state index contributed by atoms with van der Waals surface area (Å²) in [6.45, 7) is 0. The number of methoxy groups -OCH3 is 2. The maximum Gasteiger partial charge on any atom is 0.422 e. The number of alkyl halides is 3. The first-order valence-electron chi connectivity index (χ1n) is 7.11. The highest BCUT2D eigenvalue weighted by molar-refractivity contribution is 5.96. The third-order valence-corrected chi connectivity index (χ3v) is 3.99. The van der Waals surface area contributed by atoms with Gasteiger partial charge in [0.2, 0.25) is 5.91 Å². The van der Waals surface area contributed by atoms with Crippen molar-refractivity contribution < 1.29 is 32.5 Å². The molecule has 0 saturated carbocycles. The maximum atomic E-state index is 13.5. The van der Waals surface area contributed by atoms with Crippen molar-refractivity contribution in [3.63, 3.8) is 0 Å².